The van der Waals surface area contributed by atoms with E-state index in [-0.39, 0.29) is 22.2 Å². The molecule has 0 aliphatic rings. The molecule has 0 aliphatic heterocycles. The van der Waals surface area contributed by atoms with E-state index < -0.39 is 16.0 Å². The SMILES string of the molecule is CCOC(=O)Cn1c(=NS(=O)(=O)c2cccs2)sc2cc(OCC)ccc21. The number of benzene rings is 1. The summed E-state index contributed by atoms with van der Waals surface area (Å²) in [4.78, 5) is 12.2. The molecule has 3 rings (SSSR count). The van der Waals surface area contributed by atoms with Gasteiger partial charge >= 0.3 is 5.97 Å². The number of carbonyl (C=O) groups is 1. The minimum Gasteiger partial charge on any atom is -0.494 e. The Morgan fingerprint density at radius 3 is 2.70 bits per heavy atom. The summed E-state index contributed by atoms with van der Waals surface area (Å²) in [6, 6.07) is 8.52. The maximum Gasteiger partial charge on any atom is 0.326 e. The van der Waals surface area contributed by atoms with Crippen LogP contribution in [0.15, 0.2) is 44.3 Å². The van der Waals surface area contributed by atoms with Crippen LogP contribution in [0.25, 0.3) is 10.2 Å². The number of carbonyl (C=O) groups excluding carboxylic acids is 1. The topological polar surface area (TPSA) is 87.0 Å². The first-order valence-electron chi connectivity index (χ1n) is 8.21. The van der Waals surface area contributed by atoms with E-state index in [2.05, 4.69) is 4.40 Å². The number of nitrogens with zero attached hydrogens (tertiary/aromatic N) is 2. The largest absolute Gasteiger partial charge is 0.494 e. The van der Waals surface area contributed by atoms with E-state index >= 15 is 0 Å². The van der Waals surface area contributed by atoms with Gasteiger partial charge in [0, 0.05) is 0 Å². The monoisotopic (exact) mass is 426 g/mol. The lowest BCUT2D eigenvalue weighted by Crippen LogP contribution is -2.23. The molecule has 2 heterocycles. The quantitative estimate of drug-likeness (QED) is 0.542. The molecule has 2 aromatic heterocycles. The van der Waals surface area contributed by atoms with E-state index in [1.165, 1.54) is 17.4 Å². The fourth-order valence-electron chi connectivity index (χ4n) is 2.43. The molecule has 0 atom stereocenters. The zero-order valence-electron chi connectivity index (χ0n) is 14.7. The average Bonchev–Trinajstić information content (AvgIpc) is 3.25. The summed E-state index contributed by atoms with van der Waals surface area (Å²) >= 11 is 2.28. The number of thiazole rings is 1. The molecule has 3 aromatic rings. The van der Waals surface area contributed by atoms with Crippen molar-refractivity contribution in [3.8, 4) is 5.75 Å². The van der Waals surface area contributed by atoms with Crippen molar-refractivity contribution in [2.24, 2.45) is 4.40 Å². The van der Waals surface area contributed by atoms with Crippen molar-refractivity contribution >= 4 is 48.9 Å². The number of esters is 1. The number of aromatic nitrogens is 1. The van der Waals surface area contributed by atoms with E-state index in [0.717, 1.165) is 16.0 Å². The minimum absolute atomic E-state index is 0.124. The highest BCUT2D eigenvalue weighted by molar-refractivity contribution is 7.92. The Labute approximate surface area is 164 Å². The van der Waals surface area contributed by atoms with Gasteiger partial charge in [-0.05, 0) is 43.5 Å². The molecule has 0 fully saturated rings. The van der Waals surface area contributed by atoms with Gasteiger partial charge in [-0.1, -0.05) is 17.4 Å². The van der Waals surface area contributed by atoms with Crippen LogP contribution in [0.4, 0.5) is 0 Å². The van der Waals surface area contributed by atoms with E-state index in [9.17, 15) is 13.2 Å². The van der Waals surface area contributed by atoms with Crippen LogP contribution in [0, 0.1) is 0 Å². The summed E-state index contributed by atoms with van der Waals surface area (Å²) in [5.74, 6) is 0.211. The van der Waals surface area contributed by atoms with Gasteiger partial charge in [0.05, 0.1) is 23.4 Å². The molecule has 7 nitrogen and oxygen atoms in total. The van der Waals surface area contributed by atoms with Crippen LogP contribution >= 0.6 is 22.7 Å². The number of hydrogen-bond acceptors (Lipinski definition) is 7. The molecule has 0 unspecified atom stereocenters. The Hall–Kier alpha value is -2.17. The van der Waals surface area contributed by atoms with Gasteiger partial charge in [0.2, 0.25) is 4.80 Å². The molecule has 0 spiro atoms. The van der Waals surface area contributed by atoms with E-state index in [1.54, 1.807) is 35.1 Å². The number of thiophene rings is 1. The molecule has 0 saturated carbocycles. The molecule has 0 amide bonds. The minimum atomic E-state index is -3.86. The van der Waals surface area contributed by atoms with E-state index in [1.807, 2.05) is 13.0 Å². The highest BCUT2D eigenvalue weighted by Gasteiger charge is 2.17. The van der Waals surface area contributed by atoms with E-state index in [4.69, 9.17) is 9.47 Å². The van der Waals surface area contributed by atoms with E-state index in [0.29, 0.717) is 17.9 Å². The van der Waals surface area contributed by atoms with Crippen molar-refractivity contribution in [2.75, 3.05) is 13.2 Å². The second kappa shape index (κ2) is 8.24. The Morgan fingerprint density at radius 2 is 2.04 bits per heavy atom. The molecule has 144 valence electrons. The van der Waals surface area contributed by atoms with Gasteiger partial charge in [-0.3, -0.25) is 4.79 Å². The van der Waals surface area contributed by atoms with Crippen LogP contribution in [0.1, 0.15) is 13.8 Å². The zero-order chi connectivity index (χ0) is 19.4. The van der Waals surface area contributed by atoms with Gasteiger partial charge in [0.15, 0.2) is 0 Å². The molecular formula is C17H18N2O5S3. The average molecular weight is 427 g/mol. The summed E-state index contributed by atoms with van der Waals surface area (Å²) in [6.45, 7) is 4.24. The lowest BCUT2D eigenvalue weighted by atomic mass is 10.3. The van der Waals surface area contributed by atoms with Crippen molar-refractivity contribution < 1.29 is 22.7 Å². The standard InChI is InChI=1S/C17H18N2O5S3/c1-3-23-12-7-8-13-14(10-12)26-17(19(13)11-15(20)24-4-2)18-27(21,22)16-6-5-9-25-16/h5-10H,3-4,11H2,1-2H3. The third kappa shape index (κ3) is 4.40. The summed E-state index contributed by atoms with van der Waals surface area (Å²) in [6.07, 6.45) is 0. The second-order valence-corrected chi connectivity index (χ2v) is 9.12. The van der Waals surface area contributed by atoms with Crippen LogP contribution in [0.3, 0.4) is 0 Å². The Kier molecular flexibility index (Phi) is 5.98. The van der Waals surface area contributed by atoms with Gasteiger partial charge in [0.25, 0.3) is 10.0 Å². The summed E-state index contributed by atoms with van der Waals surface area (Å²) in [7, 11) is -3.86. The van der Waals surface area contributed by atoms with Gasteiger partial charge in [-0.25, -0.2) is 0 Å². The first kappa shape index (κ1) is 19.6. The van der Waals surface area contributed by atoms with Crippen molar-refractivity contribution in [3.63, 3.8) is 0 Å². The van der Waals surface area contributed by atoms with Gasteiger partial charge < -0.3 is 14.0 Å². The molecule has 0 saturated heterocycles. The van der Waals surface area contributed by atoms with Crippen molar-refractivity contribution in [3.05, 3.63) is 40.5 Å². The number of fused-ring (bicyclic) bond motifs is 1. The Morgan fingerprint density at radius 1 is 1.22 bits per heavy atom. The lowest BCUT2D eigenvalue weighted by molar-refractivity contribution is -0.143. The molecule has 0 aliphatic carbocycles. The van der Waals surface area contributed by atoms with Crippen molar-refractivity contribution in [1.29, 1.82) is 0 Å². The zero-order valence-corrected chi connectivity index (χ0v) is 17.2. The maximum atomic E-state index is 12.6. The summed E-state index contributed by atoms with van der Waals surface area (Å²) < 4.78 is 42.1. The summed E-state index contributed by atoms with van der Waals surface area (Å²) in [5.41, 5.74) is 0.691. The normalized spacial score (nSPS) is 12.4. The molecule has 1 aromatic carbocycles. The fourth-order valence-corrected chi connectivity index (χ4v) is 5.66. The molecular weight excluding hydrogens is 408 g/mol. The van der Waals surface area contributed by atoms with Crippen LogP contribution in [0.2, 0.25) is 0 Å². The first-order chi connectivity index (χ1) is 12.9. The Balaban J connectivity index is 2.17. The van der Waals surface area contributed by atoms with Gasteiger partial charge in [0.1, 0.15) is 16.5 Å². The number of rotatable bonds is 7. The number of sulfonamides is 1. The fraction of sp³-hybridized carbons (Fsp3) is 0.294. The smallest absolute Gasteiger partial charge is 0.326 e. The van der Waals surface area contributed by atoms with Crippen LogP contribution in [-0.4, -0.2) is 32.2 Å². The second-order valence-electron chi connectivity index (χ2n) is 5.34. The lowest BCUT2D eigenvalue weighted by Gasteiger charge is -2.06. The molecule has 0 N–H and O–H groups in total. The van der Waals surface area contributed by atoms with Gasteiger partial charge in [-0.15, -0.1) is 15.7 Å². The first-order valence-corrected chi connectivity index (χ1v) is 11.3. The van der Waals surface area contributed by atoms with Crippen LogP contribution < -0.4 is 9.54 Å². The van der Waals surface area contributed by atoms with Crippen LogP contribution in [0.5, 0.6) is 5.75 Å². The van der Waals surface area contributed by atoms with Gasteiger partial charge in [-0.2, -0.15) is 8.42 Å². The third-order valence-electron chi connectivity index (χ3n) is 3.51. The molecule has 0 radical (unpaired) electrons. The van der Waals surface area contributed by atoms with Crippen molar-refractivity contribution in [2.45, 2.75) is 24.6 Å². The van der Waals surface area contributed by atoms with Crippen molar-refractivity contribution in [1.82, 2.24) is 4.57 Å². The summed E-state index contributed by atoms with van der Waals surface area (Å²) in [5, 5.41) is 1.67. The molecule has 27 heavy (non-hydrogen) atoms. The van der Waals surface area contributed by atoms with Crippen LogP contribution in [-0.2, 0) is 26.1 Å². The highest BCUT2D eigenvalue weighted by atomic mass is 32.2. The maximum absolute atomic E-state index is 12.6. The highest BCUT2D eigenvalue weighted by Crippen LogP contribution is 2.24. The molecule has 10 heteroatoms. The predicted octanol–water partition coefficient (Wildman–Crippen LogP) is 3.02. The number of hydrogen-bond donors (Lipinski definition) is 0. The molecule has 0 bridgehead atoms. The predicted molar refractivity (Wildman–Crippen MR) is 105 cm³/mol. The third-order valence-corrected chi connectivity index (χ3v) is 7.30. The Bertz CT molecular complexity index is 1110. The number of ether oxygens (including phenoxy) is 2.